The van der Waals surface area contributed by atoms with Gasteiger partial charge in [-0.3, -0.25) is 0 Å². The molecule has 2 atom stereocenters. The van der Waals surface area contributed by atoms with Crippen LogP contribution >= 0.6 is 0 Å². The maximum Gasteiger partial charge on any atom is 0.231 e. The molecule has 1 N–H and O–H groups in total. The van der Waals surface area contributed by atoms with Gasteiger partial charge in [-0.25, -0.2) is 4.39 Å². The zero-order valence-electron chi connectivity index (χ0n) is 14.7. The quantitative estimate of drug-likeness (QED) is 0.889. The molecule has 2 aromatic carbocycles. The van der Waals surface area contributed by atoms with Gasteiger partial charge in [-0.15, -0.1) is 0 Å². The molecule has 0 aliphatic carbocycles. The van der Waals surface area contributed by atoms with E-state index in [-0.39, 0.29) is 18.5 Å². The van der Waals surface area contributed by atoms with Crippen molar-refractivity contribution in [3.63, 3.8) is 0 Å². The first-order valence-electron chi connectivity index (χ1n) is 8.75. The molecule has 0 unspecified atom stereocenters. The van der Waals surface area contributed by atoms with Gasteiger partial charge in [0.2, 0.25) is 6.79 Å². The van der Waals surface area contributed by atoms with Gasteiger partial charge in [0.25, 0.3) is 0 Å². The summed E-state index contributed by atoms with van der Waals surface area (Å²) in [5.74, 6) is 1.98. The van der Waals surface area contributed by atoms with E-state index in [4.69, 9.17) is 18.9 Å². The predicted octanol–water partition coefficient (Wildman–Crippen LogP) is 3.08. The number of halogens is 1. The lowest BCUT2D eigenvalue weighted by molar-refractivity contribution is -0.0943. The molecule has 2 heterocycles. The molecular formula is C20H22FNO4. The zero-order valence-corrected chi connectivity index (χ0v) is 14.7. The monoisotopic (exact) mass is 359 g/mol. The highest BCUT2D eigenvalue weighted by molar-refractivity contribution is 5.46. The van der Waals surface area contributed by atoms with Crippen LogP contribution in [0.4, 0.5) is 4.39 Å². The van der Waals surface area contributed by atoms with E-state index < -0.39 is 5.60 Å². The molecule has 0 radical (unpaired) electrons. The van der Waals surface area contributed by atoms with Gasteiger partial charge in [-0.2, -0.15) is 0 Å². The fourth-order valence-electron chi connectivity index (χ4n) is 3.78. The van der Waals surface area contributed by atoms with Gasteiger partial charge in [0, 0.05) is 25.6 Å². The predicted molar refractivity (Wildman–Crippen MR) is 94.1 cm³/mol. The third-order valence-corrected chi connectivity index (χ3v) is 5.22. The normalized spacial score (nSPS) is 24.5. The lowest BCUT2D eigenvalue weighted by Gasteiger charge is -2.43. The van der Waals surface area contributed by atoms with E-state index in [0.717, 1.165) is 36.6 Å². The van der Waals surface area contributed by atoms with E-state index in [1.54, 1.807) is 19.2 Å². The van der Waals surface area contributed by atoms with E-state index in [2.05, 4.69) is 5.32 Å². The molecule has 1 saturated heterocycles. The minimum Gasteiger partial charge on any atom is -0.493 e. The van der Waals surface area contributed by atoms with Crippen LogP contribution in [-0.2, 0) is 10.3 Å². The summed E-state index contributed by atoms with van der Waals surface area (Å²) >= 11 is 0. The summed E-state index contributed by atoms with van der Waals surface area (Å²) in [5.41, 5.74) is 0.470. The summed E-state index contributed by atoms with van der Waals surface area (Å²) in [5, 5.41) is 3.40. The van der Waals surface area contributed by atoms with Gasteiger partial charge in [0.15, 0.2) is 11.5 Å². The number of ether oxygens (including phenoxy) is 4. The molecule has 0 bridgehead atoms. The maximum atomic E-state index is 13.4. The number of hydrogen-bond acceptors (Lipinski definition) is 5. The summed E-state index contributed by atoms with van der Waals surface area (Å²) in [6, 6.07) is 12.1. The van der Waals surface area contributed by atoms with Crippen LogP contribution in [0.15, 0.2) is 42.5 Å². The highest BCUT2D eigenvalue weighted by Gasteiger charge is 2.43. The van der Waals surface area contributed by atoms with Crippen LogP contribution in [0.25, 0.3) is 0 Å². The average Bonchev–Trinajstić information content (AvgIpc) is 3.15. The Morgan fingerprint density at radius 3 is 2.77 bits per heavy atom. The van der Waals surface area contributed by atoms with Crippen molar-refractivity contribution in [2.24, 2.45) is 5.92 Å². The van der Waals surface area contributed by atoms with Gasteiger partial charge < -0.3 is 24.3 Å². The Balaban J connectivity index is 1.54. The molecule has 1 fully saturated rings. The Labute approximate surface area is 152 Å². The number of piperidine rings is 1. The fraction of sp³-hybridized carbons (Fsp3) is 0.400. The van der Waals surface area contributed by atoms with Gasteiger partial charge >= 0.3 is 0 Å². The van der Waals surface area contributed by atoms with Crippen LogP contribution in [-0.4, -0.2) is 33.6 Å². The molecule has 26 heavy (non-hydrogen) atoms. The summed E-state index contributed by atoms with van der Waals surface area (Å²) < 4.78 is 36.1. The first kappa shape index (κ1) is 17.1. The maximum absolute atomic E-state index is 13.4. The van der Waals surface area contributed by atoms with Crippen molar-refractivity contribution in [3.8, 4) is 17.2 Å². The van der Waals surface area contributed by atoms with Crippen molar-refractivity contribution in [1.82, 2.24) is 5.32 Å². The van der Waals surface area contributed by atoms with Crippen molar-refractivity contribution in [2.45, 2.75) is 12.0 Å². The molecular weight excluding hydrogens is 337 g/mol. The molecule has 0 saturated carbocycles. The lowest BCUT2D eigenvalue weighted by Crippen LogP contribution is -2.51. The Kier molecular flexibility index (Phi) is 4.70. The standard InChI is InChI=1S/C20H22FNO4/c1-23-20(14-2-4-16(21)5-3-14)8-9-22-11-15(20)12-24-17-6-7-18-19(10-17)26-13-25-18/h2-7,10,15,22H,8-9,11-13H2,1H3/t15-,20-/m0/s1. The number of hydrogen-bond donors (Lipinski definition) is 1. The number of rotatable bonds is 5. The van der Waals surface area contributed by atoms with Gasteiger partial charge in [-0.05, 0) is 42.8 Å². The third-order valence-electron chi connectivity index (χ3n) is 5.22. The van der Waals surface area contributed by atoms with Crippen LogP contribution < -0.4 is 19.5 Å². The second kappa shape index (κ2) is 7.13. The van der Waals surface area contributed by atoms with E-state index in [0.29, 0.717) is 12.4 Å². The van der Waals surface area contributed by atoms with Gasteiger partial charge in [0.1, 0.15) is 17.2 Å². The summed E-state index contributed by atoms with van der Waals surface area (Å²) in [7, 11) is 1.71. The Bertz CT molecular complexity index is 767. The highest BCUT2D eigenvalue weighted by atomic mass is 19.1. The number of fused-ring (bicyclic) bond motifs is 1. The minimum absolute atomic E-state index is 0.0807. The molecule has 0 spiro atoms. The summed E-state index contributed by atoms with van der Waals surface area (Å²) in [4.78, 5) is 0. The summed E-state index contributed by atoms with van der Waals surface area (Å²) in [6.07, 6.45) is 0.796. The molecule has 4 rings (SSSR count). The van der Waals surface area contributed by atoms with Crippen molar-refractivity contribution < 1.29 is 23.3 Å². The molecule has 0 amide bonds. The first-order chi connectivity index (χ1) is 12.7. The minimum atomic E-state index is -0.505. The average molecular weight is 359 g/mol. The fourth-order valence-corrected chi connectivity index (χ4v) is 3.78. The van der Waals surface area contributed by atoms with E-state index in [1.165, 1.54) is 12.1 Å². The molecule has 2 aliphatic rings. The molecule has 0 aromatic heterocycles. The zero-order chi connectivity index (χ0) is 18.0. The lowest BCUT2D eigenvalue weighted by atomic mass is 9.76. The van der Waals surface area contributed by atoms with Crippen molar-refractivity contribution in [2.75, 3.05) is 33.6 Å². The van der Waals surface area contributed by atoms with Crippen molar-refractivity contribution in [3.05, 3.63) is 53.8 Å². The largest absolute Gasteiger partial charge is 0.493 e. The Morgan fingerprint density at radius 2 is 1.96 bits per heavy atom. The van der Waals surface area contributed by atoms with Crippen molar-refractivity contribution >= 4 is 0 Å². The topological polar surface area (TPSA) is 49.0 Å². The second-order valence-electron chi connectivity index (χ2n) is 6.58. The van der Waals surface area contributed by atoms with Crippen LogP contribution in [0.3, 0.4) is 0 Å². The van der Waals surface area contributed by atoms with E-state index >= 15 is 0 Å². The number of methoxy groups -OCH3 is 1. The van der Waals surface area contributed by atoms with Gasteiger partial charge in [0.05, 0.1) is 6.61 Å². The van der Waals surface area contributed by atoms with Gasteiger partial charge in [-0.1, -0.05) is 12.1 Å². The third kappa shape index (κ3) is 3.10. The van der Waals surface area contributed by atoms with Crippen LogP contribution in [0.5, 0.6) is 17.2 Å². The number of benzene rings is 2. The molecule has 2 aromatic rings. The molecule has 5 nitrogen and oxygen atoms in total. The smallest absolute Gasteiger partial charge is 0.231 e. The van der Waals surface area contributed by atoms with E-state index in [9.17, 15) is 4.39 Å². The second-order valence-corrected chi connectivity index (χ2v) is 6.58. The summed E-state index contributed by atoms with van der Waals surface area (Å²) in [6.45, 7) is 2.31. The Morgan fingerprint density at radius 1 is 1.15 bits per heavy atom. The Hall–Kier alpha value is -2.31. The SMILES string of the molecule is CO[C@]1(c2ccc(F)cc2)CCNC[C@H]1COc1ccc2c(c1)OCO2. The first-order valence-corrected chi connectivity index (χ1v) is 8.75. The molecule has 6 heteroatoms. The number of nitrogens with one attached hydrogen (secondary N) is 1. The highest BCUT2D eigenvalue weighted by Crippen LogP contribution is 2.40. The van der Waals surface area contributed by atoms with Crippen LogP contribution in [0.1, 0.15) is 12.0 Å². The molecule has 138 valence electrons. The van der Waals surface area contributed by atoms with Crippen LogP contribution in [0, 0.1) is 11.7 Å². The van der Waals surface area contributed by atoms with Crippen molar-refractivity contribution in [1.29, 1.82) is 0 Å². The van der Waals surface area contributed by atoms with E-state index in [1.807, 2.05) is 18.2 Å². The van der Waals surface area contributed by atoms with Crippen LogP contribution in [0.2, 0.25) is 0 Å². The molecule has 2 aliphatic heterocycles.